The van der Waals surface area contributed by atoms with Crippen molar-refractivity contribution < 1.29 is 0 Å². The predicted octanol–water partition coefficient (Wildman–Crippen LogP) is 6.42. The van der Waals surface area contributed by atoms with Crippen molar-refractivity contribution in [1.29, 1.82) is 0 Å². The molecular weight excluding hydrogens is 314 g/mol. The van der Waals surface area contributed by atoms with Gasteiger partial charge in [0.05, 0.1) is 5.52 Å². The summed E-state index contributed by atoms with van der Waals surface area (Å²) in [6.45, 7) is 2.21. The van der Waals surface area contributed by atoms with Crippen LogP contribution in [0.5, 0.6) is 0 Å². The molecule has 1 aliphatic carbocycles. The molecule has 0 bridgehead atoms. The van der Waals surface area contributed by atoms with Gasteiger partial charge in [0.2, 0.25) is 0 Å². The van der Waals surface area contributed by atoms with Gasteiger partial charge in [0, 0.05) is 17.0 Å². The van der Waals surface area contributed by atoms with Gasteiger partial charge in [-0.25, -0.2) is 0 Å². The second-order valence-corrected chi connectivity index (χ2v) is 7.28. The molecule has 0 radical (unpaired) electrons. The highest BCUT2D eigenvalue weighted by molar-refractivity contribution is 6.13. The van der Waals surface area contributed by atoms with Crippen molar-refractivity contribution in [3.05, 3.63) is 89.6 Å². The zero-order valence-corrected chi connectivity index (χ0v) is 14.6. The van der Waals surface area contributed by atoms with Crippen LogP contribution >= 0.6 is 0 Å². The fourth-order valence-electron chi connectivity index (χ4n) is 4.69. The van der Waals surface area contributed by atoms with Crippen LogP contribution in [0, 0.1) is 6.92 Å². The number of hydrogen-bond donors (Lipinski definition) is 0. The average molecular weight is 331 g/mol. The largest absolute Gasteiger partial charge is 0.256 e. The van der Waals surface area contributed by atoms with E-state index in [1.165, 1.54) is 54.7 Å². The Labute approximate surface area is 151 Å². The molecule has 1 heterocycles. The minimum Gasteiger partial charge on any atom is -0.256 e. The molecule has 4 aromatic carbocycles. The van der Waals surface area contributed by atoms with E-state index >= 15 is 0 Å². The van der Waals surface area contributed by atoms with E-state index in [1.807, 2.05) is 12.3 Å². The molecule has 122 valence electrons. The molecule has 1 nitrogen and oxygen atoms in total. The first-order valence-electron chi connectivity index (χ1n) is 9.12. The number of pyridine rings is 1. The number of aryl methyl sites for hydroxylation is 1. The van der Waals surface area contributed by atoms with Crippen LogP contribution in [0.25, 0.3) is 43.6 Å². The first-order chi connectivity index (χ1) is 12.8. The van der Waals surface area contributed by atoms with E-state index in [9.17, 15) is 0 Å². The molecule has 0 N–H and O–H groups in total. The molecule has 0 saturated heterocycles. The first kappa shape index (κ1) is 14.0. The summed E-state index contributed by atoms with van der Waals surface area (Å²) in [5.41, 5.74) is 8.09. The Morgan fingerprint density at radius 1 is 0.808 bits per heavy atom. The summed E-state index contributed by atoms with van der Waals surface area (Å²) in [5, 5.41) is 6.55. The normalized spacial score (nSPS) is 12.7. The Morgan fingerprint density at radius 2 is 1.69 bits per heavy atom. The average Bonchev–Trinajstić information content (AvgIpc) is 3.07. The molecule has 1 heteroatoms. The van der Waals surface area contributed by atoms with Crippen molar-refractivity contribution in [2.45, 2.75) is 13.3 Å². The van der Waals surface area contributed by atoms with Crippen molar-refractivity contribution >= 4 is 32.4 Å². The van der Waals surface area contributed by atoms with Crippen molar-refractivity contribution in [2.24, 2.45) is 0 Å². The minimum atomic E-state index is 0.988. The van der Waals surface area contributed by atoms with E-state index in [0.717, 1.165) is 11.9 Å². The summed E-state index contributed by atoms with van der Waals surface area (Å²) >= 11 is 0. The summed E-state index contributed by atoms with van der Waals surface area (Å²) in [6.07, 6.45) is 2.90. The summed E-state index contributed by atoms with van der Waals surface area (Å²) < 4.78 is 0. The van der Waals surface area contributed by atoms with E-state index in [0.29, 0.717) is 0 Å². The van der Waals surface area contributed by atoms with E-state index in [-0.39, 0.29) is 0 Å². The van der Waals surface area contributed by atoms with Crippen molar-refractivity contribution in [2.75, 3.05) is 0 Å². The monoisotopic (exact) mass is 331 g/mol. The summed E-state index contributed by atoms with van der Waals surface area (Å²) in [4.78, 5) is 4.75. The fourth-order valence-corrected chi connectivity index (χ4v) is 4.69. The van der Waals surface area contributed by atoms with Crippen molar-refractivity contribution in [3.8, 4) is 11.1 Å². The van der Waals surface area contributed by atoms with Crippen LogP contribution in [0.4, 0.5) is 0 Å². The topological polar surface area (TPSA) is 12.9 Å². The first-order valence-corrected chi connectivity index (χ1v) is 9.12. The molecule has 0 aliphatic heterocycles. The molecule has 1 aliphatic rings. The lowest BCUT2D eigenvalue weighted by Crippen LogP contribution is -1.90. The zero-order valence-electron chi connectivity index (χ0n) is 14.6. The summed E-state index contributed by atoms with van der Waals surface area (Å²) in [6, 6.07) is 24.3. The van der Waals surface area contributed by atoms with Gasteiger partial charge < -0.3 is 0 Å². The highest BCUT2D eigenvalue weighted by Gasteiger charge is 2.24. The number of hydrogen-bond acceptors (Lipinski definition) is 1. The Hall–Kier alpha value is -3.19. The maximum Gasteiger partial charge on any atom is 0.0783 e. The third-order valence-electron chi connectivity index (χ3n) is 5.84. The fraction of sp³-hybridized carbons (Fsp3) is 0.0800. The van der Waals surface area contributed by atoms with Gasteiger partial charge in [0.25, 0.3) is 0 Å². The lowest BCUT2D eigenvalue weighted by molar-refractivity contribution is 1.28. The molecule has 0 fully saturated rings. The third kappa shape index (κ3) is 1.72. The smallest absolute Gasteiger partial charge is 0.0783 e. The van der Waals surface area contributed by atoms with Crippen LogP contribution in [0.3, 0.4) is 0 Å². The third-order valence-corrected chi connectivity index (χ3v) is 5.84. The second kappa shape index (κ2) is 4.92. The van der Waals surface area contributed by atoms with Gasteiger partial charge in [-0.2, -0.15) is 0 Å². The number of aromatic nitrogens is 1. The molecule has 0 spiro atoms. The number of rotatable bonds is 0. The Balaban J connectivity index is 1.81. The van der Waals surface area contributed by atoms with Crippen LogP contribution in [0.2, 0.25) is 0 Å². The maximum absolute atomic E-state index is 4.75. The van der Waals surface area contributed by atoms with Crippen LogP contribution in [0.1, 0.15) is 16.7 Å². The maximum atomic E-state index is 4.75. The van der Waals surface area contributed by atoms with Crippen molar-refractivity contribution in [3.63, 3.8) is 0 Å². The molecule has 0 unspecified atom stereocenters. The Bertz CT molecular complexity index is 1360. The summed E-state index contributed by atoms with van der Waals surface area (Å²) in [5.74, 6) is 0. The number of benzene rings is 4. The van der Waals surface area contributed by atoms with Gasteiger partial charge in [0.1, 0.15) is 0 Å². The zero-order chi connectivity index (χ0) is 17.3. The predicted molar refractivity (Wildman–Crippen MR) is 110 cm³/mol. The van der Waals surface area contributed by atoms with Gasteiger partial charge in [-0.05, 0) is 69.5 Å². The number of nitrogens with zero attached hydrogens (tertiary/aromatic N) is 1. The van der Waals surface area contributed by atoms with Gasteiger partial charge in [-0.15, -0.1) is 0 Å². The molecular formula is C25H17N. The van der Waals surface area contributed by atoms with Crippen LogP contribution in [0.15, 0.2) is 72.9 Å². The molecule has 26 heavy (non-hydrogen) atoms. The van der Waals surface area contributed by atoms with Gasteiger partial charge in [0.15, 0.2) is 0 Å². The minimum absolute atomic E-state index is 0.988. The molecule has 5 aromatic rings. The molecule has 0 amide bonds. The van der Waals surface area contributed by atoms with E-state index < -0.39 is 0 Å². The van der Waals surface area contributed by atoms with Crippen molar-refractivity contribution in [1.82, 2.24) is 4.98 Å². The molecule has 6 rings (SSSR count). The standard InChI is InChI=1S/C25H17N/c1-15-13-18-6-4-12-26-25(18)24-19(15)10-11-21-22(24)14-17-9-8-16-5-2-3-7-20(16)23(17)21/h2-13H,14H2,1H3. The molecule has 0 atom stereocenters. The van der Waals surface area contributed by atoms with E-state index in [2.05, 4.69) is 67.6 Å². The highest BCUT2D eigenvalue weighted by atomic mass is 14.6. The van der Waals surface area contributed by atoms with Gasteiger partial charge >= 0.3 is 0 Å². The lowest BCUT2D eigenvalue weighted by atomic mass is 9.93. The molecule has 0 saturated carbocycles. The van der Waals surface area contributed by atoms with Crippen LogP contribution in [-0.2, 0) is 6.42 Å². The quantitative estimate of drug-likeness (QED) is 0.293. The van der Waals surface area contributed by atoms with E-state index in [1.54, 1.807) is 0 Å². The number of fused-ring (bicyclic) bond motifs is 9. The Kier molecular flexibility index (Phi) is 2.66. The van der Waals surface area contributed by atoms with Crippen LogP contribution < -0.4 is 0 Å². The summed E-state index contributed by atoms with van der Waals surface area (Å²) in [7, 11) is 0. The highest BCUT2D eigenvalue weighted by Crippen LogP contribution is 2.45. The van der Waals surface area contributed by atoms with Crippen LogP contribution in [-0.4, -0.2) is 4.98 Å². The lowest BCUT2D eigenvalue weighted by Gasteiger charge is -2.12. The molecule has 1 aromatic heterocycles. The Morgan fingerprint density at radius 3 is 2.65 bits per heavy atom. The van der Waals surface area contributed by atoms with E-state index in [4.69, 9.17) is 4.98 Å². The van der Waals surface area contributed by atoms with Gasteiger partial charge in [-0.1, -0.05) is 54.6 Å². The SMILES string of the molecule is Cc1cc2cccnc2c2c3c(ccc12)-c1c(ccc2ccccc12)C3. The second-order valence-electron chi connectivity index (χ2n) is 7.28. The van der Waals surface area contributed by atoms with Gasteiger partial charge in [-0.3, -0.25) is 4.98 Å².